The first-order valence-electron chi connectivity index (χ1n) is 8.47. The Morgan fingerprint density at radius 3 is 2.75 bits per heavy atom. The predicted molar refractivity (Wildman–Crippen MR) is 97.9 cm³/mol. The number of hydrogen-bond donors (Lipinski definition) is 1. The van der Waals surface area contributed by atoms with Gasteiger partial charge in [0.1, 0.15) is 0 Å². The summed E-state index contributed by atoms with van der Waals surface area (Å²) in [5.41, 5.74) is 0.858. The Balaban J connectivity index is 1.72. The van der Waals surface area contributed by atoms with Crippen molar-refractivity contribution in [2.45, 2.75) is 19.6 Å². The zero-order chi connectivity index (χ0) is 20.1. The van der Waals surface area contributed by atoms with Crippen molar-refractivity contribution in [3.05, 3.63) is 46.5 Å². The summed E-state index contributed by atoms with van der Waals surface area (Å²) in [7, 11) is 1.35. The van der Waals surface area contributed by atoms with Crippen molar-refractivity contribution < 1.29 is 32.5 Å². The maximum atomic E-state index is 12.5. The number of carbonyl (C=O) groups is 1. The molecule has 0 radical (unpaired) electrons. The highest BCUT2D eigenvalue weighted by Crippen LogP contribution is 2.38. The minimum atomic E-state index is -2.98. The van der Waals surface area contributed by atoms with Gasteiger partial charge in [0.2, 0.25) is 0 Å². The Morgan fingerprint density at radius 1 is 1.21 bits per heavy atom. The minimum Gasteiger partial charge on any atom is -0.493 e. The van der Waals surface area contributed by atoms with E-state index in [1.54, 1.807) is 12.1 Å². The lowest BCUT2D eigenvalue weighted by Crippen LogP contribution is -2.23. The van der Waals surface area contributed by atoms with Gasteiger partial charge in [0.05, 0.1) is 25.3 Å². The highest BCUT2D eigenvalue weighted by Gasteiger charge is 2.18. The van der Waals surface area contributed by atoms with Crippen molar-refractivity contribution in [2.75, 3.05) is 20.3 Å². The van der Waals surface area contributed by atoms with E-state index in [0.29, 0.717) is 42.3 Å². The predicted octanol–water partition coefficient (Wildman–Crippen LogP) is 4.04. The molecule has 1 aliphatic rings. The van der Waals surface area contributed by atoms with Crippen LogP contribution in [0.2, 0.25) is 5.02 Å². The zero-order valence-corrected chi connectivity index (χ0v) is 15.7. The fourth-order valence-corrected chi connectivity index (χ4v) is 2.93. The van der Waals surface area contributed by atoms with E-state index in [-0.39, 0.29) is 23.1 Å². The molecule has 6 nitrogen and oxygen atoms in total. The van der Waals surface area contributed by atoms with Gasteiger partial charge in [0.25, 0.3) is 5.91 Å². The number of halogens is 3. The third-order valence-corrected chi connectivity index (χ3v) is 4.24. The van der Waals surface area contributed by atoms with Crippen molar-refractivity contribution >= 4 is 17.5 Å². The Labute approximate surface area is 165 Å². The fourth-order valence-electron chi connectivity index (χ4n) is 2.67. The van der Waals surface area contributed by atoms with Crippen LogP contribution in [0.1, 0.15) is 22.3 Å². The second kappa shape index (κ2) is 8.97. The lowest BCUT2D eigenvalue weighted by atomic mass is 10.1. The molecule has 2 aromatic carbocycles. The summed E-state index contributed by atoms with van der Waals surface area (Å²) in [6.07, 6.45) is 0.715. The number of nitrogens with one attached hydrogen (secondary N) is 1. The van der Waals surface area contributed by atoms with Crippen LogP contribution in [0.5, 0.6) is 23.0 Å². The quantitative estimate of drug-likeness (QED) is 0.774. The standard InChI is InChI=1S/C19H18ClF2NO5/c1-25-14-4-3-11(7-15(14)28-19(21)22)10-23-18(24)12-8-13(20)17-16(9-12)26-5-2-6-27-17/h3-4,7-9,19H,2,5-6,10H2,1H3,(H,23,24). The third-order valence-electron chi connectivity index (χ3n) is 3.96. The number of alkyl halides is 2. The number of hydrogen-bond acceptors (Lipinski definition) is 5. The highest BCUT2D eigenvalue weighted by atomic mass is 35.5. The molecule has 0 fully saturated rings. The van der Waals surface area contributed by atoms with Gasteiger partial charge in [-0.25, -0.2) is 0 Å². The van der Waals surface area contributed by atoms with Crippen LogP contribution in [0.3, 0.4) is 0 Å². The van der Waals surface area contributed by atoms with Crippen molar-refractivity contribution in [1.29, 1.82) is 0 Å². The summed E-state index contributed by atoms with van der Waals surface area (Å²) in [4.78, 5) is 12.5. The average Bonchev–Trinajstić information content (AvgIpc) is 2.91. The second-order valence-corrected chi connectivity index (χ2v) is 6.29. The van der Waals surface area contributed by atoms with Crippen molar-refractivity contribution in [3.63, 3.8) is 0 Å². The largest absolute Gasteiger partial charge is 0.493 e. The van der Waals surface area contributed by atoms with Crippen LogP contribution in [-0.4, -0.2) is 32.8 Å². The van der Waals surface area contributed by atoms with E-state index in [1.807, 2.05) is 0 Å². The molecule has 0 saturated carbocycles. The van der Waals surface area contributed by atoms with E-state index in [0.717, 1.165) is 0 Å². The summed E-state index contributed by atoms with van der Waals surface area (Å²) >= 11 is 6.20. The summed E-state index contributed by atoms with van der Waals surface area (Å²) < 4.78 is 45.6. The maximum Gasteiger partial charge on any atom is 0.387 e. The fraction of sp³-hybridized carbons (Fsp3) is 0.316. The third kappa shape index (κ3) is 4.75. The SMILES string of the molecule is COc1ccc(CNC(=O)c2cc(Cl)c3c(c2)OCCCO3)cc1OC(F)F. The first-order chi connectivity index (χ1) is 13.5. The number of carbonyl (C=O) groups excluding carboxylic acids is 1. The van der Waals surface area contributed by atoms with E-state index in [4.69, 9.17) is 25.8 Å². The summed E-state index contributed by atoms with van der Waals surface area (Å²) in [5.74, 6) is 0.490. The van der Waals surface area contributed by atoms with Crippen LogP contribution in [0, 0.1) is 0 Å². The molecule has 1 amide bonds. The van der Waals surface area contributed by atoms with Gasteiger partial charge < -0.3 is 24.3 Å². The van der Waals surface area contributed by atoms with Gasteiger partial charge in [-0.05, 0) is 29.8 Å². The molecule has 3 rings (SSSR count). The van der Waals surface area contributed by atoms with Gasteiger partial charge in [0, 0.05) is 18.5 Å². The molecular formula is C19H18ClF2NO5. The van der Waals surface area contributed by atoms with Crippen molar-refractivity contribution in [2.24, 2.45) is 0 Å². The first kappa shape index (κ1) is 20.0. The molecular weight excluding hydrogens is 396 g/mol. The molecule has 150 valence electrons. The molecule has 0 saturated heterocycles. The van der Waals surface area contributed by atoms with Crippen molar-refractivity contribution in [3.8, 4) is 23.0 Å². The summed E-state index contributed by atoms with van der Waals surface area (Å²) in [6, 6.07) is 7.55. The smallest absolute Gasteiger partial charge is 0.387 e. The van der Waals surface area contributed by atoms with E-state index in [1.165, 1.54) is 25.3 Å². The van der Waals surface area contributed by atoms with Crippen LogP contribution in [0.15, 0.2) is 30.3 Å². The maximum absolute atomic E-state index is 12.5. The van der Waals surface area contributed by atoms with Crippen LogP contribution in [0.4, 0.5) is 8.78 Å². The summed E-state index contributed by atoms with van der Waals surface area (Å²) in [6.45, 7) is -1.94. The zero-order valence-electron chi connectivity index (χ0n) is 15.0. The first-order valence-corrected chi connectivity index (χ1v) is 8.85. The number of methoxy groups -OCH3 is 1. The Morgan fingerprint density at radius 2 is 2.00 bits per heavy atom. The molecule has 1 aliphatic heterocycles. The van der Waals surface area contributed by atoms with Crippen LogP contribution in [0.25, 0.3) is 0 Å². The lowest BCUT2D eigenvalue weighted by molar-refractivity contribution is -0.0512. The molecule has 1 heterocycles. The van der Waals surface area contributed by atoms with Gasteiger partial charge in [-0.15, -0.1) is 0 Å². The summed E-state index contributed by atoms with van der Waals surface area (Å²) in [5, 5.41) is 2.98. The van der Waals surface area contributed by atoms with E-state index >= 15 is 0 Å². The van der Waals surface area contributed by atoms with Gasteiger partial charge in [-0.2, -0.15) is 8.78 Å². The highest BCUT2D eigenvalue weighted by molar-refractivity contribution is 6.32. The number of rotatable bonds is 6. The van der Waals surface area contributed by atoms with Gasteiger partial charge in [-0.3, -0.25) is 4.79 Å². The molecule has 2 aromatic rings. The molecule has 0 spiro atoms. The second-order valence-electron chi connectivity index (χ2n) is 5.88. The average molecular weight is 414 g/mol. The molecule has 1 N–H and O–H groups in total. The van der Waals surface area contributed by atoms with E-state index < -0.39 is 12.5 Å². The Bertz CT molecular complexity index is 862. The molecule has 0 aromatic heterocycles. The van der Waals surface area contributed by atoms with Crippen LogP contribution in [-0.2, 0) is 6.54 Å². The van der Waals surface area contributed by atoms with Gasteiger partial charge >= 0.3 is 6.61 Å². The minimum absolute atomic E-state index is 0.0918. The number of fused-ring (bicyclic) bond motifs is 1. The number of amides is 1. The monoisotopic (exact) mass is 413 g/mol. The number of benzene rings is 2. The van der Waals surface area contributed by atoms with Crippen molar-refractivity contribution in [1.82, 2.24) is 5.32 Å². The number of ether oxygens (including phenoxy) is 4. The lowest BCUT2D eigenvalue weighted by Gasteiger charge is -2.13. The van der Waals surface area contributed by atoms with Crippen LogP contribution < -0.4 is 24.3 Å². The molecule has 0 bridgehead atoms. The van der Waals surface area contributed by atoms with Crippen LogP contribution >= 0.6 is 11.6 Å². The van der Waals surface area contributed by atoms with Gasteiger partial charge in [0.15, 0.2) is 23.0 Å². The molecule has 0 aliphatic carbocycles. The molecule has 0 unspecified atom stereocenters. The Hall–Kier alpha value is -2.74. The van der Waals surface area contributed by atoms with E-state index in [9.17, 15) is 13.6 Å². The molecule has 9 heteroatoms. The Kier molecular flexibility index (Phi) is 6.41. The molecule has 28 heavy (non-hydrogen) atoms. The normalized spacial score (nSPS) is 13.0. The molecule has 0 atom stereocenters. The van der Waals surface area contributed by atoms with Gasteiger partial charge in [-0.1, -0.05) is 17.7 Å². The topological polar surface area (TPSA) is 66.0 Å². The van der Waals surface area contributed by atoms with E-state index in [2.05, 4.69) is 10.1 Å².